The van der Waals surface area contributed by atoms with Crippen LogP contribution < -0.4 is 10.6 Å². The van der Waals surface area contributed by atoms with E-state index in [0.717, 1.165) is 17.3 Å². The largest absolute Gasteiger partial charge is 0.358 e. The first-order chi connectivity index (χ1) is 8.71. The van der Waals surface area contributed by atoms with Crippen molar-refractivity contribution in [3.8, 4) is 0 Å². The SMILES string of the molecule is C/C=C/Cc1cc(=C/C(Br)=C\C)/c(=C/CCC)[nH]1. The second-order valence-corrected chi connectivity index (χ2v) is 5.16. The number of allylic oxidation sites excluding steroid dienone is 4. The summed E-state index contributed by atoms with van der Waals surface area (Å²) in [6.07, 6.45) is 14.0. The summed E-state index contributed by atoms with van der Waals surface area (Å²) < 4.78 is 1.12. The summed E-state index contributed by atoms with van der Waals surface area (Å²) >= 11 is 3.54. The van der Waals surface area contributed by atoms with Crippen LogP contribution in [0, 0.1) is 0 Å². The van der Waals surface area contributed by atoms with Gasteiger partial charge in [-0.15, -0.1) is 0 Å². The average molecular weight is 308 g/mol. The molecule has 0 saturated heterocycles. The van der Waals surface area contributed by atoms with Crippen LogP contribution in [0.25, 0.3) is 12.2 Å². The molecule has 0 aliphatic carbocycles. The van der Waals surface area contributed by atoms with Crippen molar-refractivity contribution < 1.29 is 0 Å². The minimum atomic E-state index is 0.963. The number of aromatic nitrogens is 1. The minimum absolute atomic E-state index is 0.963. The first-order valence-corrected chi connectivity index (χ1v) is 7.33. The van der Waals surface area contributed by atoms with Crippen LogP contribution in [0.15, 0.2) is 28.8 Å². The minimum Gasteiger partial charge on any atom is -0.358 e. The van der Waals surface area contributed by atoms with E-state index in [2.05, 4.69) is 71.2 Å². The lowest BCUT2D eigenvalue weighted by Gasteiger charge is -1.87. The summed E-state index contributed by atoms with van der Waals surface area (Å²) in [5.74, 6) is 0. The molecule has 0 spiro atoms. The summed E-state index contributed by atoms with van der Waals surface area (Å²) in [5, 5.41) is 2.49. The van der Waals surface area contributed by atoms with Crippen molar-refractivity contribution in [3.05, 3.63) is 45.0 Å². The molecule has 0 atom stereocenters. The zero-order valence-electron chi connectivity index (χ0n) is 11.5. The van der Waals surface area contributed by atoms with Gasteiger partial charge in [-0.2, -0.15) is 0 Å². The molecule has 0 fully saturated rings. The van der Waals surface area contributed by atoms with Gasteiger partial charge in [0, 0.05) is 27.2 Å². The summed E-state index contributed by atoms with van der Waals surface area (Å²) in [5.41, 5.74) is 1.26. The molecule has 2 heteroatoms. The van der Waals surface area contributed by atoms with Gasteiger partial charge >= 0.3 is 0 Å². The number of hydrogen-bond acceptors (Lipinski definition) is 0. The lowest BCUT2D eigenvalue weighted by atomic mass is 10.2. The maximum atomic E-state index is 3.54. The van der Waals surface area contributed by atoms with Crippen LogP contribution in [0.3, 0.4) is 0 Å². The summed E-state index contributed by atoms with van der Waals surface area (Å²) in [6, 6.07) is 2.23. The van der Waals surface area contributed by atoms with Crippen molar-refractivity contribution in [3.63, 3.8) is 0 Å². The molecule has 1 nitrogen and oxygen atoms in total. The molecule has 0 saturated carbocycles. The highest BCUT2D eigenvalue weighted by atomic mass is 79.9. The zero-order valence-corrected chi connectivity index (χ0v) is 13.0. The fourth-order valence-corrected chi connectivity index (χ4v) is 1.96. The molecule has 0 aromatic carbocycles. The highest BCUT2D eigenvalue weighted by molar-refractivity contribution is 9.12. The molecular weight excluding hydrogens is 286 g/mol. The first-order valence-electron chi connectivity index (χ1n) is 6.54. The molecule has 0 bridgehead atoms. The topological polar surface area (TPSA) is 15.8 Å². The Morgan fingerprint density at radius 2 is 2.17 bits per heavy atom. The third-order valence-corrected chi connectivity index (χ3v) is 3.40. The normalized spacial score (nSPS) is 15.0. The molecular formula is C16H22BrN. The predicted molar refractivity (Wildman–Crippen MR) is 85.1 cm³/mol. The van der Waals surface area contributed by atoms with Crippen LogP contribution in [0.2, 0.25) is 0 Å². The Bertz CT molecular complexity index is 532. The second-order valence-electron chi connectivity index (χ2n) is 4.25. The highest BCUT2D eigenvalue weighted by Gasteiger charge is 1.95. The van der Waals surface area contributed by atoms with Gasteiger partial charge < -0.3 is 4.98 Å². The van der Waals surface area contributed by atoms with E-state index >= 15 is 0 Å². The molecule has 0 unspecified atom stereocenters. The molecule has 98 valence electrons. The lowest BCUT2D eigenvalue weighted by molar-refractivity contribution is 0.985. The number of nitrogens with one attached hydrogen (secondary N) is 1. The smallest absolute Gasteiger partial charge is 0.0416 e. The molecule has 1 heterocycles. The standard InChI is InChI=1S/C16H22BrN/c1-4-7-9-15-12-13(11-14(17)6-3)16(18-15)10-8-5-2/h4,6-7,10-12,18H,5,8-9H2,1-3H3/b7-4+,13-11-,14-6+,16-10-. The molecule has 18 heavy (non-hydrogen) atoms. The van der Waals surface area contributed by atoms with Gasteiger partial charge in [-0.05, 0) is 32.4 Å². The van der Waals surface area contributed by atoms with Gasteiger partial charge in [0.05, 0.1) is 0 Å². The summed E-state index contributed by atoms with van der Waals surface area (Å²) in [6.45, 7) is 6.28. The van der Waals surface area contributed by atoms with Crippen LogP contribution >= 0.6 is 15.9 Å². The van der Waals surface area contributed by atoms with Gasteiger partial charge in [0.2, 0.25) is 0 Å². The van der Waals surface area contributed by atoms with E-state index in [4.69, 9.17) is 0 Å². The number of H-pyrrole nitrogens is 1. The quantitative estimate of drug-likeness (QED) is 0.797. The van der Waals surface area contributed by atoms with Crippen LogP contribution in [-0.4, -0.2) is 4.98 Å². The van der Waals surface area contributed by atoms with Gasteiger partial charge in [0.1, 0.15) is 0 Å². The van der Waals surface area contributed by atoms with Crippen molar-refractivity contribution in [2.45, 2.75) is 40.0 Å². The molecule has 1 N–H and O–H groups in total. The molecule has 0 aliphatic rings. The van der Waals surface area contributed by atoms with E-state index in [1.54, 1.807) is 0 Å². The third kappa shape index (κ3) is 4.69. The van der Waals surface area contributed by atoms with Crippen LogP contribution in [-0.2, 0) is 6.42 Å². The highest BCUT2D eigenvalue weighted by Crippen LogP contribution is 2.04. The van der Waals surface area contributed by atoms with Gasteiger partial charge in [-0.25, -0.2) is 0 Å². The van der Waals surface area contributed by atoms with Crippen molar-refractivity contribution in [1.29, 1.82) is 0 Å². The van der Waals surface area contributed by atoms with E-state index in [9.17, 15) is 0 Å². The van der Waals surface area contributed by atoms with Gasteiger partial charge in [0.15, 0.2) is 0 Å². The lowest BCUT2D eigenvalue weighted by Crippen LogP contribution is -2.21. The number of unbranched alkanes of at least 4 members (excludes halogenated alkanes) is 1. The molecule has 0 aliphatic heterocycles. The number of rotatable bonds is 5. The fourth-order valence-electron chi connectivity index (χ4n) is 1.71. The predicted octanol–water partition coefficient (Wildman–Crippen LogP) is 3.79. The molecule has 1 aromatic heterocycles. The molecule has 1 rings (SSSR count). The zero-order chi connectivity index (χ0) is 13.4. The first kappa shape index (κ1) is 15.0. The Balaban J connectivity index is 3.21. The van der Waals surface area contributed by atoms with Crippen LogP contribution in [0.1, 0.15) is 39.3 Å². The van der Waals surface area contributed by atoms with E-state index < -0.39 is 0 Å². The van der Waals surface area contributed by atoms with Crippen molar-refractivity contribution in [1.82, 2.24) is 4.98 Å². The van der Waals surface area contributed by atoms with Crippen molar-refractivity contribution in [2.75, 3.05) is 0 Å². The Hall–Kier alpha value is -1.02. The molecule has 1 aromatic rings. The van der Waals surface area contributed by atoms with E-state index in [1.165, 1.54) is 22.7 Å². The van der Waals surface area contributed by atoms with Gasteiger partial charge in [-0.1, -0.05) is 53.6 Å². The Morgan fingerprint density at radius 1 is 1.39 bits per heavy atom. The Kier molecular flexibility index (Phi) is 6.81. The van der Waals surface area contributed by atoms with Crippen molar-refractivity contribution >= 4 is 28.1 Å². The number of hydrogen-bond donors (Lipinski definition) is 1. The Labute approximate surface area is 118 Å². The fraction of sp³-hybridized carbons (Fsp3) is 0.375. The number of aromatic amines is 1. The van der Waals surface area contributed by atoms with E-state index in [0.29, 0.717) is 0 Å². The number of halogens is 1. The monoisotopic (exact) mass is 307 g/mol. The maximum absolute atomic E-state index is 3.54. The van der Waals surface area contributed by atoms with Crippen molar-refractivity contribution in [2.24, 2.45) is 0 Å². The summed E-state index contributed by atoms with van der Waals surface area (Å²) in [4.78, 5) is 3.49. The van der Waals surface area contributed by atoms with Gasteiger partial charge in [0.25, 0.3) is 0 Å². The maximum Gasteiger partial charge on any atom is 0.0416 e. The second kappa shape index (κ2) is 8.15. The van der Waals surface area contributed by atoms with E-state index in [-0.39, 0.29) is 0 Å². The Morgan fingerprint density at radius 3 is 2.78 bits per heavy atom. The molecule has 0 radical (unpaired) electrons. The van der Waals surface area contributed by atoms with E-state index in [1.807, 2.05) is 6.92 Å². The average Bonchev–Trinajstić information content (AvgIpc) is 2.75. The molecule has 0 amide bonds. The van der Waals surface area contributed by atoms with Crippen LogP contribution in [0.4, 0.5) is 0 Å². The summed E-state index contributed by atoms with van der Waals surface area (Å²) in [7, 11) is 0. The van der Waals surface area contributed by atoms with Gasteiger partial charge in [-0.3, -0.25) is 0 Å². The third-order valence-electron chi connectivity index (χ3n) is 2.72. The van der Waals surface area contributed by atoms with Crippen LogP contribution in [0.5, 0.6) is 0 Å².